The van der Waals surface area contributed by atoms with Crippen molar-refractivity contribution in [3.05, 3.63) is 47.8 Å². The first-order valence-electron chi connectivity index (χ1n) is 8.45. The molecule has 0 radical (unpaired) electrons. The molecule has 0 aliphatic rings. The zero-order valence-electron chi connectivity index (χ0n) is 15.0. The Labute approximate surface area is 144 Å². The maximum atomic E-state index is 11.9. The van der Waals surface area contributed by atoms with Crippen LogP contribution in [0.3, 0.4) is 0 Å². The quantitative estimate of drug-likeness (QED) is 0.787. The van der Waals surface area contributed by atoms with Crippen molar-refractivity contribution in [2.24, 2.45) is 0 Å². The van der Waals surface area contributed by atoms with Crippen LogP contribution in [0.4, 0.5) is 0 Å². The lowest BCUT2D eigenvalue weighted by atomic mass is 9.87. The van der Waals surface area contributed by atoms with Crippen molar-refractivity contribution in [1.82, 2.24) is 15.1 Å². The summed E-state index contributed by atoms with van der Waals surface area (Å²) in [6.07, 6.45) is 3.77. The number of unbranched alkanes of at least 4 members (excludes halogenated alkanes) is 1. The molecule has 0 unspecified atom stereocenters. The Bertz CT molecular complexity index is 654. The highest BCUT2D eigenvalue weighted by Crippen LogP contribution is 2.24. The molecule has 1 aromatic heterocycles. The van der Waals surface area contributed by atoms with Crippen molar-refractivity contribution in [3.8, 4) is 5.75 Å². The highest BCUT2D eigenvalue weighted by molar-refractivity contribution is 5.92. The maximum Gasteiger partial charge on any atom is 0.271 e. The van der Waals surface area contributed by atoms with Crippen LogP contribution in [0.2, 0.25) is 0 Å². The maximum absolute atomic E-state index is 11.9. The zero-order valence-corrected chi connectivity index (χ0v) is 15.0. The molecule has 5 heteroatoms. The smallest absolute Gasteiger partial charge is 0.271 e. The van der Waals surface area contributed by atoms with Gasteiger partial charge >= 0.3 is 0 Å². The molecule has 1 amide bonds. The van der Waals surface area contributed by atoms with Crippen molar-refractivity contribution < 1.29 is 9.53 Å². The molecule has 1 heterocycles. The zero-order chi connectivity index (χ0) is 17.6. The van der Waals surface area contributed by atoms with E-state index in [1.807, 2.05) is 12.1 Å². The van der Waals surface area contributed by atoms with Gasteiger partial charge in [0.1, 0.15) is 11.4 Å². The minimum atomic E-state index is -0.142. The number of nitrogens with zero attached hydrogens (tertiary/aromatic N) is 2. The van der Waals surface area contributed by atoms with Crippen LogP contribution in [-0.4, -0.2) is 22.2 Å². The predicted octanol–water partition coefficient (Wildman–Crippen LogP) is 3.75. The number of nitrogens with one attached hydrogen (secondary N) is 1. The molecular formula is C19H27N3O2. The summed E-state index contributed by atoms with van der Waals surface area (Å²) < 4.78 is 7.34. The second-order valence-electron chi connectivity index (χ2n) is 6.90. The van der Waals surface area contributed by atoms with Gasteiger partial charge in [-0.2, -0.15) is 5.10 Å². The molecule has 5 nitrogen and oxygen atoms in total. The Morgan fingerprint density at radius 1 is 1.21 bits per heavy atom. The number of amides is 1. The fraction of sp³-hybridized carbons (Fsp3) is 0.474. The molecule has 0 fully saturated rings. The lowest BCUT2D eigenvalue weighted by Crippen LogP contribution is -2.25. The van der Waals surface area contributed by atoms with Gasteiger partial charge in [0.05, 0.1) is 0 Å². The number of benzene rings is 1. The number of carbonyl (C=O) groups excluding carboxylic acids is 1. The minimum Gasteiger partial charge on any atom is -0.471 e. The molecule has 0 spiro atoms. The van der Waals surface area contributed by atoms with Gasteiger partial charge in [-0.1, -0.05) is 46.2 Å². The van der Waals surface area contributed by atoms with Gasteiger partial charge in [-0.15, -0.1) is 0 Å². The molecule has 0 bridgehead atoms. The second kappa shape index (κ2) is 7.99. The van der Waals surface area contributed by atoms with Gasteiger partial charge < -0.3 is 10.1 Å². The third-order valence-corrected chi connectivity index (χ3v) is 3.77. The second-order valence-corrected chi connectivity index (χ2v) is 6.90. The standard InChI is InChI=1S/C19H27N3O2/c1-5-6-12-20-18(23)17-11-13-22(21-17)14-24-16-9-7-15(8-10-16)19(2,3)4/h7-11,13H,5-6,12,14H2,1-4H3,(H,20,23). The Kier molecular flexibility index (Phi) is 6.01. The summed E-state index contributed by atoms with van der Waals surface area (Å²) in [7, 11) is 0. The summed E-state index contributed by atoms with van der Waals surface area (Å²) in [4.78, 5) is 11.9. The Hall–Kier alpha value is -2.30. The fourth-order valence-electron chi connectivity index (χ4n) is 2.22. The molecule has 1 N–H and O–H groups in total. The van der Waals surface area contributed by atoms with Gasteiger partial charge in [0.2, 0.25) is 0 Å². The van der Waals surface area contributed by atoms with E-state index < -0.39 is 0 Å². The van der Waals surface area contributed by atoms with Gasteiger partial charge in [0.25, 0.3) is 5.91 Å². The van der Waals surface area contributed by atoms with E-state index in [1.165, 1.54) is 5.56 Å². The molecule has 130 valence electrons. The van der Waals surface area contributed by atoms with Crippen LogP contribution < -0.4 is 10.1 Å². The minimum absolute atomic E-state index is 0.126. The van der Waals surface area contributed by atoms with Crippen LogP contribution >= 0.6 is 0 Å². The summed E-state index contributed by atoms with van der Waals surface area (Å²) in [6, 6.07) is 9.77. The fourth-order valence-corrected chi connectivity index (χ4v) is 2.22. The topological polar surface area (TPSA) is 56.2 Å². The number of hydrogen-bond donors (Lipinski definition) is 1. The SMILES string of the molecule is CCCCNC(=O)c1ccn(COc2ccc(C(C)(C)C)cc2)n1. The summed E-state index contributed by atoms with van der Waals surface area (Å²) in [6.45, 7) is 9.58. The van der Waals surface area contributed by atoms with Crippen molar-refractivity contribution in [2.75, 3.05) is 6.54 Å². The van der Waals surface area contributed by atoms with E-state index in [1.54, 1.807) is 16.9 Å². The van der Waals surface area contributed by atoms with Crippen LogP contribution in [0.1, 0.15) is 56.6 Å². The molecular weight excluding hydrogens is 302 g/mol. The summed E-state index contributed by atoms with van der Waals surface area (Å²) in [5.41, 5.74) is 1.80. The van der Waals surface area contributed by atoms with E-state index in [4.69, 9.17) is 4.74 Å². The van der Waals surface area contributed by atoms with E-state index in [0.717, 1.165) is 18.6 Å². The van der Waals surface area contributed by atoms with E-state index >= 15 is 0 Å². The molecule has 0 aliphatic heterocycles. The normalized spacial score (nSPS) is 11.3. The molecule has 24 heavy (non-hydrogen) atoms. The lowest BCUT2D eigenvalue weighted by molar-refractivity contribution is 0.0946. The number of hydrogen-bond acceptors (Lipinski definition) is 3. The lowest BCUT2D eigenvalue weighted by Gasteiger charge is -2.19. The first-order chi connectivity index (χ1) is 11.4. The molecule has 0 aliphatic carbocycles. The van der Waals surface area contributed by atoms with E-state index in [9.17, 15) is 4.79 Å². The average molecular weight is 329 g/mol. The van der Waals surface area contributed by atoms with Crippen molar-refractivity contribution in [1.29, 1.82) is 0 Å². The van der Waals surface area contributed by atoms with Gasteiger partial charge in [-0.25, -0.2) is 4.68 Å². The third kappa shape index (κ3) is 5.11. The summed E-state index contributed by atoms with van der Waals surface area (Å²) >= 11 is 0. The van der Waals surface area contributed by atoms with Gasteiger partial charge in [0, 0.05) is 12.7 Å². The van der Waals surface area contributed by atoms with Gasteiger partial charge in [-0.3, -0.25) is 4.79 Å². The molecule has 0 saturated heterocycles. The van der Waals surface area contributed by atoms with Crippen molar-refractivity contribution in [2.45, 2.75) is 52.7 Å². The number of rotatable bonds is 7. The third-order valence-electron chi connectivity index (χ3n) is 3.77. The highest BCUT2D eigenvalue weighted by atomic mass is 16.5. The number of carbonyl (C=O) groups is 1. The molecule has 1 aromatic carbocycles. The van der Waals surface area contributed by atoms with E-state index in [2.05, 4.69) is 50.2 Å². The average Bonchev–Trinajstić information content (AvgIpc) is 3.02. The Morgan fingerprint density at radius 2 is 1.92 bits per heavy atom. The Balaban J connectivity index is 1.87. The molecule has 2 rings (SSSR count). The van der Waals surface area contributed by atoms with Crippen molar-refractivity contribution >= 4 is 5.91 Å². The molecule has 0 saturated carbocycles. The van der Waals surface area contributed by atoms with Crippen LogP contribution in [0.5, 0.6) is 5.75 Å². The molecule has 2 aromatic rings. The van der Waals surface area contributed by atoms with E-state index in [-0.39, 0.29) is 18.1 Å². The first kappa shape index (κ1) is 18.0. The van der Waals surface area contributed by atoms with Crippen LogP contribution in [0, 0.1) is 0 Å². The number of ether oxygens (including phenoxy) is 1. The molecule has 0 atom stereocenters. The predicted molar refractivity (Wildman–Crippen MR) is 95.2 cm³/mol. The monoisotopic (exact) mass is 329 g/mol. The van der Waals surface area contributed by atoms with Crippen LogP contribution in [-0.2, 0) is 12.1 Å². The Morgan fingerprint density at radius 3 is 2.54 bits per heavy atom. The first-order valence-corrected chi connectivity index (χ1v) is 8.45. The largest absolute Gasteiger partial charge is 0.471 e. The van der Waals surface area contributed by atoms with Gasteiger partial charge in [-0.05, 0) is 35.6 Å². The van der Waals surface area contributed by atoms with Crippen LogP contribution in [0.25, 0.3) is 0 Å². The summed E-state index contributed by atoms with van der Waals surface area (Å²) in [5, 5.41) is 7.09. The highest BCUT2D eigenvalue weighted by Gasteiger charge is 2.13. The number of aromatic nitrogens is 2. The van der Waals surface area contributed by atoms with Crippen molar-refractivity contribution in [3.63, 3.8) is 0 Å². The van der Waals surface area contributed by atoms with Crippen LogP contribution in [0.15, 0.2) is 36.5 Å². The summed E-state index contributed by atoms with van der Waals surface area (Å²) in [5.74, 6) is 0.643. The van der Waals surface area contributed by atoms with E-state index in [0.29, 0.717) is 12.2 Å². The van der Waals surface area contributed by atoms with Gasteiger partial charge in [0.15, 0.2) is 6.73 Å².